The first-order chi connectivity index (χ1) is 10.3. The summed E-state index contributed by atoms with van der Waals surface area (Å²) in [7, 11) is 0. The van der Waals surface area contributed by atoms with Crippen molar-refractivity contribution in [1.82, 2.24) is 4.98 Å². The third kappa shape index (κ3) is 3.49. The molecule has 0 unspecified atom stereocenters. The quantitative estimate of drug-likeness (QED) is 0.570. The minimum atomic E-state index is 0.397. The van der Waals surface area contributed by atoms with Crippen molar-refractivity contribution in [2.45, 2.75) is 10.8 Å². The molecule has 0 aliphatic carbocycles. The van der Waals surface area contributed by atoms with E-state index in [4.69, 9.17) is 5.73 Å². The van der Waals surface area contributed by atoms with Crippen molar-refractivity contribution in [2.24, 2.45) is 5.73 Å². The minimum absolute atomic E-state index is 0.397. The van der Waals surface area contributed by atoms with Gasteiger partial charge in [-0.2, -0.15) is 0 Å². The van der Waals surface area contributed by atoms with Crippen molar-refractivity contribution >= 4 is 22.7 Å². The normalized spacial score (nSPS) is 10.3. The van der Waals surface area contributed by atoms with Gasteiger partial charge in [0.15, 0.2) is 0 Å². The molecule has 0 bridgehead atoms. The summed E-state index contributed by atoms with van der Waals surface area (Å²) in [5, 5.41) is 2.44. The summed E-state index contributed by atoms with van der Waals surface area (Å²) < 4.78 is 0. The Balaban J connectivity index is 1.72. The van der Waals surface area contributed by atoms with Gasteiger partial charge in [0.1, 0.15) is 0 Å². The maximum absolute atomic E-state index is 5.40. The van der Waals surface area contributed by atoms with Crippen molar-refractivity contribution in [3.8, 4) is 11.8 Å². The fourth-order valence-corrected chi connectivity index (χ4v) is 3.07. The van der Waals surface area contributed by atoms with E-state index in [1.165, 1.54) is 21.5 Å². The largest absolute Gasteiger partial charge is 0.350 e. The van der Waals surface area contributed by atoms with E-state index in [0.717, 1.165) is 11.3 Å². The van der Waals surface area contributed by atoms with Crippen molar-refractivity contribution in [2.75, 3.05) is 6.54 Å². The lowest BCUT2D eigenvalue weighted by molar-refractivity contribution is 1.23. The first-order valence-electron chi connectivity index (χ1n) is 6.83. The van der Waals surface area contributed by atoms with E-state index in [0.29, 0.717) is 6.54 Å². The van der Waals surface area contributed by atoms with Gasteiger partial charge in [-0.15, -0.1) is 11.8 Å². The van der Waals surface area contributed by atoms with Gasteiger partial charge < -0.3 is 10.7 Å². The van der Waals surface area contributed by atoms with Gasteiger partial charge in [-0.1, -0.05) is 42.2 Å². The Labute approximate surface area is 128 Å². The van der Waals surface area contributed by atoms with Crippen LogP contribution in [0.2, 0.25) is 0 Å². The molecule has 0 saturated heterocycles. The molecule has 3 aromatic rings. The fourth-order valence-electron chi connectivity index (χ4n) is 2.18. The first kappa shape index (κ1) is 13.8. The molecule has 0 aliphatic heterocycles. The zero-order chi connectivity index (χ0) is 14.5. The monoisotopic (exact) mass is 292 g/mol. The highest BCUT2D eigenvalue weighted by Crippen LogP contribution is 2.26. The van der Waals surface area contributed by atoms with Gasteiger partial charge in [0.2, 0.25) is 0 Å². The maximum atomic E-state index is 5.40. The Bertz CT molecular complexity index is 775. The van der Waals surface area contributed by atoms with Crippen LogP contribution in [0.4, 0.5) is 0 Å². The molecule has 0 aliphatic rings. The van der Waals surface area contributed by atoms with Gasteiger partial charge in [-0.05, 0) is 29.8 Å². The number of H-pyrrole nitrogens is 1. The van der Waals surface area contributed by atoms with Crippen LogP contribution >= 0.6 is 11.8 Å². The number of rotatable bonds is 3. The van der Waals surface area contributed by atoms with Crippen LogP contribution in [0.3, 0.4) is 0 Å². The van der Waals surface area contributed by atoms with E-state index in [2.05, 4.69) is 53.2 Å². The Hall–Kier alpha value is -2.15. The number of para-hydroxylation sites is 1. The van der Waals surface area contributed by atoms with Crippen molar-refractivity contribution in [3.05, 3.63) is 65.7 Å². The highest BCUT2D eigenvalue weighted by atomic mass is 32.2. The Morgan fingerprint density at radius 1 is 1.05 bits per heavy atom. The highest BCUT2D eigenvalue weighted by Gasteiger charge is 2.01. The maximum Gasteiger partial charge on any atom is 0.0735 e. The van der Waals surface area contributed by atoms with Crippen LogP contribution in [-0.4, -0.2) is 11.5 Å². The molecule has 0 radical (unpaired) electrons. The second-order valence-electron chi connectivity index (χ2n) is 4.72. The van der Waals surface area contributed by atoms with Crippen LogP contribution in [0.25, 0.3) is 10.9 Å². The third-order valence-corrected chi connectivity index (χ3v) is 4.17. The molecule has 0 fully saturated rings. The first-order valence-corrected chi connectivity index (χ1v) is 7.82. The van der Waals surface area contributed by atoms with Crippen LogP contribution in [0.15, 0.2) is 59.6 Å². The van der Waals surface area contributed by atoms with Crippen LogP contribution < -0.4 is 5.73 Å². The molecule has 0 saturated carbocycles. The molecule has 0 amide bonds. The van der Waals surface area contributed by atoms with E-state index < -0.39 is 0 Å². The van der Waals surface area contributed by atoms with Gasteiger partial charge in [0.25, 0.3) is 0 Å². The predicted molar refractivity (Wildman–Crippen MR) is 90.2 cm³/mol. The molecular weight excluding hydrogens is 276 g/mol. The number of thioether (sulfide) groups is 1. The Morgan fingerprint density at radius 3 is 2.81 bits per heavy atom. The molecule has 3 heteroatoms. The third-order valence-electron chi connectivity index (χ3n) is 3.16. The molecule has 104 valence electrons. The van der Waals surface area contributed by atoms with Crippen LogP contribution in [-0.2, 0) is 5.75 Å². The second-order valence-corrected chi connectivity index (χ2v) is 5.73. The summed E-state index contributed by atoms with van der Waals surface area (Å²) in [6.07, 6.45) is 0. The molecule has 0 atom stereocenters. The van der Waals surface area contributed by atoms with E-state index >= 15 is 0 Å². The number of nitrogens with two attached hydrogens (primary N) is 1. The van der Waals surface area contributed by atoms with Gasteiger partial charge in [-0.25, -0.2) is 0 Å². The minimum Gasteiger partial charge on any atom is -0.350 e. The van der Waals surface area contributed by atoms with Gasteiger partial charge in [0, 0.05) is 22.2 Å². The smallest absolute Gasteiger partial charge is 0.0735 e. The lowest BCUT2D eigenvalue weighted by Crippen LogP contribution is -1.93. The number of benzene rings is 2. The lowest BCUT2D eigenvalue weighted by atomic mass is 10.1. The van der Waals surface area contributed by atoms with E-state index in [1.54, 1.807) is 11.8 Å². The molecule has 2 nitrogen and oxygen atoms in total. The van der Waals surface area contributed by atoms with E-state index in [1.807, 2.05) is 18.2 Å². The number of fused-ring (bicyclic) bond motifs is 1. The number of aromatic nitrogens is 1. The average molecular weight is 292 g/mol. The number of hydrogen-bond acceptors (Lipinski definition) is 2. The van der Waals surface area contributed by atoms with Crippen LogP contribution in [0.1, 0.15) is 11.1 Å². The number of aromatic amines is 1. The van der Waals surface area contributed by atoms with E-state index in [9.17, 15) is 0 Å². The molecule has 1 heterocycles. The van der Waals surface area contributed by atoms with Gasteiger partial charge in [0.05, 0.1) is 11.6 Å². The standard InChI is InChI=1S/C18H16N2S/c19-10-4-7-14-5-3-6-15(11-14)13-21-18-12-16-8-1-2-9-17(16)20-18/h1-3,5-6,8-9,11-12,20H,10,13,19H2. The highest BCUT2D eigenvalue weighted by molar-refractivity contribution is 7.98. The predicted octanol–water partition coefficient (Wildman–Crippen LogP) is 3.77. The molecule has 0 spiro atoms. The summed E-state index contributed by atoms with van der Waals surface area (Å²) in [6, 6.07) is 18.8. The summed E-state index contributed by atoms with van der Waals surface area (Å²) in [5.74, 6) is 6.88. The summed E-state index contributed by atoms with van der Waals surface area (Å²) in [6.45, 7) is 0.397. The topological polar surface area (TPSA) is 41.8 Å². The molecule has 1 aromatic heterocycles. The van der Waals surface area contributed by atoms with Crippen molar-refractivity contribution < 1.29 is 0 Å². The molecule has 3 N–H and O–H groups in total. The van der Waals surface area contributed by atoms with Gasteiger partial charge >= 0.3 is 0 Å². The Kier molecular flexibility index (Phi) is 4.30. The summed E-state index contributed by atoms with van der Waals surface area (Å²) in [5.41, 5.74) is 8.88. The fraction of sp³-hybridized carbons (Fsp3) is 0.111. The van der Waals surface area contributed by atoms with Crippen LogP contribution in [0, 0.1) is 11.8 Å². The molecule has 21 heavy (non-hydrogen) atoms. The summed E-state index contributed by atoms with van der Waals surface area (Å²) >= 11 is 1.80. The average Bonchev–Trinajstić information content (AvgIpc) is 2.94. The van der Waals surface area contributed by atoms with Crippen molar-refractivity contribution in [3.63, 3.8) is 0 Å². The molecule has 2 aromatic carbocycles. The lowest BCUT2D eigenvalue weighted by Gasteiger charge is -2.00. The zero-order valence-electron chi connectivity index (χ0n) is 11.6. The van der Waals surface area contributed by atoms with Gasteiger partial charge in [-0.3, -0.25) is 0 Å². The SMILES string of the molecule is NCC#Cc1cccc(CSc2cc3ccccc3[nH]2)c1. The van der Waals surface area contributed by atoms with Crippen molar-refractivity contribution in [1.29, 1.82) is 0 Å². The van der Waals surface area contributed by atoms with E-state index in [-0.39, 0.29) is 0 Å². The number of nitrogens with one attached hydrogen (secondary N) is 1. The second kappa shape index (κ2) is 6.53. The molecular formula is C18H16N2S. The Morgan fingerprint density at radius 2 is 1.95 bits per heavy atom. The number of hydrogen-bond donors (Lipinski definition) is 2. The summed E-state index contributed by atoms with van der Waals surface area (Å²) in [4.78, 5) is 3.43. The van der Waals surface area contributed by atoms with Crippen LogP contribution in [0.5, 0.6) is 0 Å². The molecule has 3 rings (SSSR count). The zero-order valence-corrected chi connectivity index (χ0v) is 12.4.